The van der Waals surface area contributed by atoms with Gasteiger partial charge in [-0.1, -0.05) is 42.5 Å². The summed E-state index contributed by atoms with van der Waals surface area (Å²) >= 11 is 1.57. The summed E-state index contributed by atoms with van der Waals surface area (Å²) in [6.07, 6.45) is -0.267. The van der Waals surface area contributed by atoms with E-state index < -0.39 is 0 Å². The van der Waals surface area contributed by atoms with Gasteiger partial charge in [0.1, 0.15) is 6.10 Å². The first-order chi connectivity index (χ1) is 12.8. The van der Waals surface area contributed by atoms with Gasteiger partial charge in [0.2, 0.25) is 0 Å². The number of hydrogen-bond donors (Lipinski definition) is 3. The van der Waals surface area contributed by atoms with Gasteiger partial charge >= 0.3 is 6.03 Å². The maximum absolute atomic E-state index is 12.2. The molecular weight excluding hydrogens is 348 g/mol. The second-order valence-corrected chi connectivity index (χ2v) is 6.62. The molecule has 5 nitrogen and oxygen atoms in total. The number of hydrogen-bond acceptors (Lipinski definition) is 4. The van der Waals surface area contributed by atoms with Crippen LogP contribution in [0.25, 0.3) is 10.8 Å². The van der Waals surface area contributed by atoms with Gasteiger partial charge in [-0.2, -0.15) is 11.3 Å². The van der Waals surface area contributed by atoms with Crippen molar-refractivity contribution in [3.63, 3.8) is 0 Å². The van der Waals surface area contributed by atoms with Crippen LogP contribution in [-0.4, -0.2) is 30.9 Å². The standard InChI is InChI=1S/C20H22N2O3S/c23-9-10-25-19(17-8-11-26-14-17)13-22-20(24)21-12-16-6-3-5-15-4-1-2-7-18(15)16/h1-8,11,14,19,23H,9-10,12-13H2,(H2,21,22,24)/t19-/m0/s1. The van der Waals surface area contributed by atoms with E-state index in [-0.39, 0.29) is 25.3 Å². The number of nitrogens with one attached hydrogen (secondary N) is 2. The fourth-order valence-electron chi connectivity index (χ4n) is 2.80. The molecule has 0 radical (unpaired) electrons. The summed E-state index contributed by atoms with van der Waals surface area (Å²) in [6, 6.07) is 15.9. The lowest BCUT2D eigenvalue weighted by molar-refractivity contribution is 0.0297. The minimum Gasteiger partial charge on any atom is -0.394 e. The maximum atomic E-state index is 12.2. The number of thiophene rings is 1. The highest BCUT2D eigenvalue weighted by Crippen LogP contribution is 2.20. The number of carbonyl (C=O) groups is 1. The van der Waals surface area contributed by atoms with Crippen molar-refractivity contribution in [2.45, 2.75) is 12.6 Å². The second kappa shape index (κ2) is 9.33. The molecule has 2 aromatic carbocycles. The Morgan fingerprint density at radius 2 is 1.96 bits per heavy atom. The lowest BCUT2D eigenvalue weighted by atomic mass is 10.0. The third-order valence-corrected chi connectivity index (χ3v) is 4.79. The van der Waals surface area contributed by atoms with Crippen LogP contribution in [0.5, 0.6) is 0 Å². The molecule has 3 N–H and O–H groups in total. The van der Waals surface area contributed by atoms with Crippen molar-refractivity contribution in [3.05, 3.63) is 70.4 Å². The van der Waals surface area contributed by atoms with Crippen LogP contribution in [0.2, 0.25) is 0 Å². The van der Waals surface area contributed by atoms with Crippen molar-refractivity contribution >= 4 is 28.1 Å². The van der Waals surface area contributed by atoms with E-state index in [0.29, 0.717) is 13.1 Å². The van der Waals surface area contributed by atoms with E-state index in [1.807, 2.05) is 41.1 Å². The molecule has 26 heavy (non-hydrogen) atoms. The molecule has 0 unspecified atom stereocenters. The highest BCUT2D eigenvalue weighted by molar-refractivity contribution is 7.07. The summed E-state index contributed by atoms with van der Waals surface area (Å²) in [5.41, 5.74) is 2.07. The predicted molar refractivity (Wildman–Crippen MR) is 104 cm³/mol. The zero-order valence-corrected chi connectivity index (χ0v) is 15.2. The van der Waals surface area contributed by atoms with Crippen LogP contribution in [0, 0.1) is 0 Å². The van der Waals surface area contributed by atoms with Crippen LogP contribution in [0.3, 0.4) is 0 Å². The molecule has 0 aliphatic heterocycles. The summed E-state index contributed by atoms with van der Waals surface area (Å²) < 4.78 is 5.62. The number of rotatable bonds is 8. The molecule has 0 bridgehead atoms. The highest BCUT2D eigenvalue weighted by atomic mass is 32.1. The zero-order chi connectivity index (χ0) is 18.2. The number of carbonyl (C=O) groups excluding carboxylic acids is 1. The van der Waals surface area contributed by atoms with E-state index in [4.69, 9.17) is 9.84 Å². The molecule has 6 heteroatoms. The van der Waals surface area contributed by atoms with Crippen LogP contribution in [0.4, 0.5) is 4.79 Å². The summed E-state index contributed by atoms with van der Waals surface area (Å²) in [4.78, 5) is 12.2. The van der Waals surface area contributed by atoms with E-state index in [9.17, 15) is 4.79 Å². The Morgan fingerprint density at radius 1 is 1.12 bits per heavy atom. The van der Waals surface area contributed by atoms with Crippen LogP contribution >= 0.6 is 11.3 Å². The third-order valence-electron chi connectivity index (χ3n) is 4.09. The zero-order valence-electron chi connectivity index (χ0n) is 14.4. The van der Waals surface area contributed by atoms with Crippen molar-refractivity contribution in [2.24, 2.45) is 0 Å². The van der Waals surface area contributed by atoms with Gasteiger partial charge in [-0.25, -0.2) is 4.79 Å². The summed E-state index contributed by atoms with van der Waals surface area (Å²) in [6.45, 7) is 0.986. The van der Waals surface area contributed by atoms with Gasteiger partial charge in [0, 0.05) is 13.1 Å². The molecule has 136 valence electrons. The van der Waals surface area contributed by atoms with Gasteiger partial charge in [0.05, 0.1) is 13.2 Å². The van der Waals surface area contributed by atoms with Crippen LogP contribution < -0.4 is 10.6 Å². The normalized spacial score (nSPS) is 12.0. The lowest BCUT2D eigenvalue weighted by Gasteiger charge is -2.17. The average Bonchev–Trinajstić information content (AvgIpc) is 3.21. The molecule has 0 aliphatic rings. The Labute approximate surface area is 156 Å². The Morgan fingerprint density at radius 3 is 2.77 bits per heavy atom. The molecule has 1 aromatic heterocycles. The second-order valence-electron chi connectivity index (χ2n) is 5.84. The monoisotopic (exact) mass is 370 g/mol. The number of fused-ring (bicyclic) bond motifs is 1. The number of urea groups is 1. The van der Waals surface area contributed by atoms with Crippen LogP contribution in [-0.2, 0) is 11.3 Å². The number of aliphatic hydroxyl groups excluding tert-OH is 1. The summed E-state index contributed by atoms with van der Waals surface area (Å²) in [5.74, 6) is 0. The van der Waals surface area contributed by atoms with E-state index in [1.54, 1.807) is 11.3 Å². The Bertz CT molecular complexity index is 831. The van der Waals surface area contributed by atoms with Crippen LogP contribution in [0.15, 0.2) is 59.3 Å². The number of amides is 2. The molecule has 0 fully saturated rings. The first-order valence-corrected chi connectivity index (χ1v) is 9.45. The molecule has 0 spiro atoms. The van der Waals surface area contributed by atoms with Gasteiger partial charge in [-0.05, 0) is 38.7 Å². The smallest absolute Gasteiger partial charge is 0.315 e. The molecule has 3 rings (SSSR count). The lowest BCUT2D eigenvalue weighted by Crippen LogP contribution is -2.38. The number of aliphatic hydroxyl groups is 1. The molecule has 2 amide bonds. The van der Waals surface area contributed by atoms with E-state index in [2.05, 4.69) is 28.8 Å². The van der Waals surface area contributed by atoms with Gasteiger partial charge < -0.3 is 20.5 Å². The van der Waals surface area contributed by atoms with Gasteiger partial charge in [-0.15, -0.1) is 0 Å². The summed E-state index contributed by atoms with van der Waals surface area (Å²) in [5, 5.41) is 20.9. The molecule has 3 aromatic rings. The third kappa shape index (κ3) is 4.82. The molecule has 0 saturated heterocycles. The van der Waals surface area contributed by atoms with Crippen molar-refractivity contribution in [3.8, 4) is 0 Å². The number of benzene rings is 2. The Balaban J connectivity index is 1.54. The van der Waals surface area contributed by atoms with Crippen LogP contribution in [0.1, 0.15) is 17.2 Å². The summed E-state index contributed by atoms with van der Waals surface area (Å²) in [7, 11) is 0. The van der Waals surface area contributed by atoms with Crippen molar-refractivity contribution < 1.29 is 14.6 Å². The minimum atomic E-state index is -0.267. The average molecular weight is 370 g/mol. The first-order valence-electron chi connectivity index (χ1n) is 8.51. The van der Waals surface area contributed by atoms with Gasteiger partial charge in [0.15, 0.2) is 0 Å². The van der Waals surface area contributed by atoms with E-state index >= 15 is 0 Å². The van der Waals surface area contributed by atoms with Gasteiger partial charge in [-0.3, -0.25) is 0 Å². The van der Waals surface area contributed by atoms with Gasteiger partial charge in [0.25, 0.3) is 0 Å². The fourth-order valence-corrected chi connectivity index (χ4v) is 3.50. The SMILES string of the molecule is O=C(NCc1cccc2ccccc12)NC[C@H](OCCO)c1ccsc1. The fraction of sp³-hybridized carbons (Fsp3) is 0.250. The predicted octanol–water partition coefficient (Wildman–Crippen LogP) is 3.45. The topological polar surface area (TPSA) is 70.6 Å². The molecule has 0 saturated carbocycles. The number of ether oxygens (including phenoxy) is 1. The molecular formula is C20H22N2O3S. The molecule has 1 atom stereocenters. The van der Waals surface area contributed by atoms with Crippen molar-refractivity contribution in [1.29, 1.82) is 0 Å². The Hall–Kier alpha value is -2.41. The maximum Gasteiger partial charge on any atom is 0.315 e. The largest absolute Gasteiger partial charge is 0.394 e. The van der Waals surface area contributed by atoms with E-state index in [0.717, 1.165) is 21.9 Å². The molecule has 1 heterocycles. The Kier molecular flexibility index (Phi) is 6.60. The quantitative estimate of drug-likeness (QED) is 0.569. The first kappa shape index (κ1) is 18.4. The highest BCUT2D eigenvalue weighted by Gasteiger charge is 2.14. The van der Waals surface area contributed by atoms with E-state index in [1.165, 1.54) is 0 Å². The molecule has 0 aliphatic carbocycles. The minimum absolute atomic E-state index is 0.0477. The van der Waals surface area contributed by atoms with Crippen molar-refractivity contribution in [1.82, 2.24) is 10.6 Å². The van der Waals surface area contributed by atoms with Crippen molar-refractivity contribution in [2.75, 3.05) is 19.8 Å².